The van der Waals surface area contributed by atoms with Gasteiger partial charge in [-0.05, 0) is 35.7 Å². The van der Waals surface area contributed by atoms with Crippen LogP contribution in [0.2, 0.25) is 5.02 Å². The summed E-state index contributed by atoms with van der Waals surface area (Å²) < 4.78 is 61.0. The van der Waals surface area contributed by atoms with Crippen LogP contribution >= 0.6 is 23.4 Å². The molecule has 0 bridgehead atoms. The van der Waals surface area contributed by atoms with Crippen LogP contribution in [0.3, 0.4) is 0 Å². The van der Waals surface area contributed by atoms with Crippen molar-refractivity contribution in [2.45, 2.75) is 30.4 Å². The maximum Gasteiger partial charge on any atom is 0.431 e. The highest BCUT2D eigenvalue weighted by atomic mass is 35.5. The van der Waals surface area contributed by atoms with Crippen LogP contribution in [0.15, 0.2) is 124 Å². The molecule has 300 valence electrons. The van der Waals surface area contributed by atoms with Crippen LogP contribution in [-0.2, 0) is 42.8 Å². The SMILES string of the molecule is CCOC(=O)CN1C(=O)C(CC(=O)NOC(c2ccccc2)(c2ccccc2)c2ccccc2)SC1=Nc1cc(-n2c(=O)cc(C(F)(F)F)n(C)c2=O)c(F)cc1Cl. The molecule has 4 aromatic carbocycles. The maximum absolute atomic E-state index is 15.3. The van der Waals surface area contributed by atoms with Gasteiger partial charge in [-0.1, -0.05) is 114 Å². The number of rotatable bonds is 12. The van der Waals surface area contributed by atoms with Crippen LogP contribution in [0.4, 0.5) is 23.2 Å². The third-order valence-electron chi connectivity index (χ3n) is 8.93. The Morgan fingerprint density at radius 3 is 1.95 bits per heavy atom. The van der Waals surface area contributed by atoms with Gasteiger partial charge in [-0.3, -0.25) is 33.5 Å². The molecular formula is C40H32ClF4N5O7S. The number of carbonyl (C=O) groups excluding carboxylic acids is 3. The molecule has 6 rings (SSSR count). The zero-order valence-corrected chi connectivity index (χ0v) is 32.1. The topological polar surface area (TPSA) is 141 Å². The lowest BCUT2D eigenvalue weighted by Gasteiger charge is -2.35. The number of aromatic nitrogens is 2. The number of nitrogens with zero attached hydrogens (tertiary/aromatic N) is 4. The summed E-state index contributed by atoms with van der Waals surface area (Å²) in [6.07, 6.45) is -5.56. The van der Waals surface area contributed by atoms with Gasteiger partial charge in [0.05, 0.1) is 23.0 Å². The minimum Gasteiger partial charge on any atom is -0.465 e. The zero-order chi connectivity index (χ0) is 41.8. The highest BCUT2D eigenvalue weighted by molar-refractivity contribution is 8.15. The molecule has 1 N–H and O–H groups in total. The van der Waals surface area contributed by atoms with Gasteiger partial charge in [-0.15, -0.1) is 0 Å². The van der Waals surface area contributed by atoms with E-state index in [0.29, 0.717) is 22.8 Å². The number of esters is 1. The van der Waals surface area contributed by atoms with Crippen molar-refractivity contribution < 1.29 is 41.5 Å². The molecule has 1 unspecified atom stereocenters. The quantitative estimate of drug-likeness (QED) is 0.0671. The summed E-state index contributed by atoms with van der Waals surface area (Å²) in [5.74, 6) is -3.55. The molecule has 2 amide bonds. The molecule has 12 nitrogen and oxygen atoms in total. The number of nitrogens with one attached hydrogen (secondary N) is 1. The van der Waals surface area contributed by atoms with E-state index >= 15 is 4.39 Å². The van der Waals surface area contributed by atoms with E-state index in [-0.39, 0.29) is 37.7 Å². The molecule has 1 fully saturated rings. The van der Waals surface area contributed by atoms with Gasteiger partial charge in [0.25, 0.3) is 5.56 Å². The van der Waals surface area contributed by atoms with Crippen molar-refractivity contribution >= 4 is 52.0 Å². The molecule has 58 heavy (non-hydrogen) atoms. The van der Waals surface area contributed by atoms with Crippen molar-refractivity contribution in [2.24, 2.45) is 12.0 Å². The first kappa shape index (κ1) is 41.6. The fourth-order valence-electron chi connectivity index (χ4n) is 6.25. The Labute approximate surface area is 336 Å². The van der Waals surface area contributed by atoms with E-state index in [0.717, 1.165) is 29.8 Å². The number of hydroxylamine groups is 1. The van der Waals surface area contributed by atoms with Crippen LogP contribution < -0.4 is 16.7 Å². The van der Waals surface area contributed by atoms with Crippen molar-refractivity contribution in [2.75, 3.05) is 13.2 Å². The Hall–Kier alpha value is -6.04. The summed E-state index contributed by atoms with van der Waals surface area (Å²) in [6, 6.07) is 29.2. The van der Waals surface area contributed by atoms with E-state index in [1.165, 1.54) is 0 Å². The molecule has 1 atom stereocenters. The Morgan fingerprint density at radius 2 is 1.43 bits per heavy atom. The Bertz CT molecular complexity index is 2400. The Morgan fingerprint density at radius 1 is 0.879 bits per heavy atom. The van der Waals surface area contributed by atoms with Crippen LogP contribution in [0.5, 0.6) is 0 Å². The minimum absolute atomic E-state index is 0.0281. The summed E-state index contributed by atoms with van der Waals surface area (Å²) >= 11 is 7.06. The van der Waals surface area contributed by atoms with Gasteiger partial charge in [0, 0.05) is 19.5 Å². The number of hydrogen-bond donors (Lipinski definition) is 1. The number of benzene rings is 4. The van der Waals surface area contributed by atoms with Crippen LogP contribution in [0.1, 0.15) is 35.7 Å². The van der Waals surface area contributed by atoms with Crippen molar-refractivity contribution in [3.63, 3.8) is 0 Å². The minimum atomic E-state index is -5.06. The van der Waals surface area contributed by atoms with E-state index in [1.807, 2.05) is 91.0 Å². The molecule has 5 aromatic rings. The molecule has 0 radical (unpaired) electrons. The van der Waals surface area contributed by atoms with E-state index in [1.54, 1.807) is 6.92 Å². The Balaban J connectivity index is 1.33. The van der Waals surface area contributed by atoms with E-state index in [2.05, 4.69) is 10.5 Å². The first-order valence-corrected chi connectivity index (χ1v) is 18.7. The second-order valence-corrected chi connectivity index (χ2v) is 14.2. The lowest BCUT2D eigenvalue weighted by atomic mass is 9.80. The lowest BCUT2D eigenvalue weighted by molar-refractivity contribution is -0.147. The predicted molar refractivity (Wildman–Crippen MR) is 207 cm³/mol. The first-order chi connectivity index (χ1) is 27.6. The number of hydrogen-bond acceptors (Lipinski definition) is 9. The molecule has 1 saturated heterocycles. The van der Waals surface area contributed by atoms with E-state index in [4.69, 9.17) is 21.2 Å². The molecule has 18 heteroatoms. The number of amidine groups is 1. The molecular weight excluding hydrogens is 806 g/mol. The average Bonchev–Trinajstić information content (AvgIpc) is 3.47. The first-order valence-electron chi connectivity index (χ1n) is 17.4. The second-order valence-electron chi connectivity index (χ2n) is 12.6. The largest absolute Gasteiger partial charge is 0.465 e. The van der Waals surface area contributed by atoms with E-state index in [9.17, 15) is 37.1 Å². The number of alkyl halides is 3. The smallest absolute Gasteiger partial charge is 0.431 e. The fourth-order valence-corrected chi connectivity index (χ4v) is 7.59. The fraction of sp³-hybridized carbons (Fsp3) is 0.200. The van der Waals surface area contributed by atoms with Crippen molar-refractivity contribution in [1.82, 2.24) is 19.5 Å². The van der Waals surface area contributed by atoms with Gasteiger partial charge < -0.3 is 4.74 Å². The molecule has 1 aliphatic rings. The molecule has 0 aliphatic carbocycles. The number of halogens is 5. The van der Waals surface area contributed by atoms with E-state index < -0.39 is 76.2 Å². The van der Waals surface area contributed by atoms with Gasteiger partial charge in [0.1, 0.15) is 23.3 Å². The van der Waals surface area contributed by atoms with Crippen LogP contribution in [0, 0.1) is 5.82 Å². The zero-order valence-electron chi connectivity index (χ0n) is 30.5. The van der Waals surface area contributed by atoms with Crippen molar-refractivity contribution in [1.29, 1.82) is 0 Å². The third-order valence-corrected chi connectivity index (χ3v) is 10.4. The van der Waals surface area contributed by atoms with Crippen LogP contribution in [-0.4, -0.2) is 55.4 Å². The maximum atomic E-state index is 15.3. The monoisotopic (exact) mass is 837 g/mol. The Kier molecular flexibility index (Phi) is 12.3. The molecule has 0 saturated carbocycles. The molecule has 1 aliphatic heterocycles. The summed E-state index contributed by atoms with van der Waals surface area (Å²) in [7, 11) is 0.760. The van der Waals surface area contributed by atoms with Gasteiger partial charge in [0.15, 0.2) is 10.8 Å². The standard InChI is InChI=1S/C40H32ClF4N5O7S/c1-3-56-35(53)23-49-36(54)31(21-33(51)47-57-39(24-13-7-4-8-14-24,25-15-9-5-10-16-25)26-17-11-6-12-18-26)58-37(49)46-29-20-30(28(42)19-27(29)41)50-34(52)22-32(40(43,44)45)48(2)38(50)55/h4-20,22,31H,3,21,23H2,1-2H3,(H,47,51). The normalized spacial score (nSPS) is 15.2. The third kappa shape index (κ3) is 8.46. The summed E-state index contributed by atoms with van der Waals surface area (Å²) in [4.78, 5) is 77.6. The summed E-state index contributed by atoms with van der Waals surface area (Å²) in [5.41, 5.74) is -2.46. The lowest BCUT2D eigenvalue weighted by Crippen LogP contribution is -2.42. The van der Waals surface area contributed by atoms with Crippen molar-refractivity contribution in [3.05, 3.63) is 163 Å². The van der Waals surface area contributed by atoms with Gasteiger partial charge >= 0.3 is 17.8 Å². The molecule has 1 aromatic heterocycles. The number of thioether (sulfide) groups is 1. The molecule has 0 spiro atoms. The van der Waals surface area contributed by atoms with Gasteiger partial charge in [0.2, 0.25) is 11.8 Å². The predicted octanol–water partition coefficient (Wildman–Crippen LogP) is 6.27. The number of amides is 2. The van der Waals surface area contributed by atoms with Crippen molar-refractivity contribution in [3.8, 4) is 5.69 Å². The van der Waals surface area contributed by atoms with Crippen LogP contribution in [0.25, 0.3) is 5.69 Å². The second kappa shape index (κ2) is 17.2. The highest BCUT2D eigenvalue weighted by Gasteiger charge is 2.43. The highest BCUT2D eigenvalue weighted by Crippen LogP contribution is 2.40. The summed E-state index contributed by atoms with van der Waals surface area (Å²) in [6.45, 7) is 0.866. The van der Waals surface area contributed by atoms with Gasteiger partial charge in [-0.2, -0.15) is 13.2 Å². The number of carbonyl (C=O) groups is 3. The number of ether oxygens (including phenoxy) is 1. The molecule has 2 heterocycles. The van der Waals surface area contributed by atoms with Gasteiger partial charge in [-0.25, -0.2) is 24.2 Å². The average molecular weight is 838 g/mol. The number of aliphatic imine (C=N–C) groups is 1. The summed E-state index contributed by atoms with van der Waals surface area (Å²) in [5, 5.41) is -1.78.